The van der Waals surface area contributed by atoms with E-state index < -0.39 is 11.6 Å². The molecule has 2 N–H and O–H groups in total. The number of nitrogens with one attached hydrogen (secondary N) is 2. The van der Waals surface area contributed by atoms with Crippen molar-refractivity contribution in [3.8, 4) is 11.5 Å². The minimum Gasteiger partial charge on any atom is -0.493 e. The molecule has 1 aromatic carbocycles. The van der Waals surface area contributed by atoms with Crippen LogP contribution < -0.4 is 20.1 Å². The van der Waals surface area contributed by atoms with Gasteiger partial charge in [-0.3, -0.25) is 14.4 Å². The molecule has 1 heterocycles. The second-order valence-electron chi connectivity index (χ2n) is 11.0. The lowest BCUT2D eigenvalue weighted by Crippen LogP contribution is -2.49. The van der Waals surface area contributed by atoms with Gasteiger partial charge in [-0.1, -0.05) is 28.9 Å². The van der Waals surface area contributed by atoms with E-state index in [2.05, 4.69) is 21.9 Å². The summed E-state index contributed by atoms with van der Waals surface area (Å²) in [6, 6.07) is 5.89. The first-order chi connectivity index (χ1) is 19.0. The van der Waals surface area contributed by atoms with Gasteiger partial charge < -0.3 is 29.5 Å². The van der Waals surface area contributed by atoms with Crippen molar-refractivity contribution in [2.45, 2.75) is 84.2 Å². The van der Waals surface area contributed by atoms with E-state index >= 15 is 0 Å². The van der Waals surface area contributed by atoms with E-state index in [1.54, 1.807) is 36.1 Å². The number of methoxy groups -OCH3 is 2. The van der Waals surface area contributed by atoms with Gasteiger partial charge in [0.15, 0.2) is 17.3 Å². The topological polar surface area (TPSA) is 123 Å². The molecule has 10 nitrogen and oxygen atoms in total. The molecule has 40 heavy (non-hydrogen) atoms. The van der Waals surface area contributed by atoms with Gasteiger partial charge in [0.25, 0.3) is 0 Å². The van der Waals surface area contributed by atoms with Crippen LogP contribution in [0.25, 0.3) is 0 Å². The van der Waals surface area contributed by atoms with Gasteiger partial charge in [-0.15, -0.1) is 0 Å². The van der Waals surface area contributed by atoms with E-state index in [0.717, 1.165) is 25.7 Å². The maximum absolute atomic E-state index is 13.9. The Morgan fingerprint density at radius 2 is 1.90 bits per heavy atom. The van der Waals surface area contributed by atoms with Crippen molar-refractivity contribution in [3.63, 3.8) is 0 Å². The Morgan fingerprint density at radius 3 is 2.50 bits per heavy atom. The van der Waals surface area contributed by atoms with Gasteiger partial charge in [-0.05, 0) is 65.9 Å². The van der Waals surface area contributed by atoms with Crippen LogP contribution in [0.15, 0.2) is 40.4 Å². The first kappa shape index (κ1) is 30.7. The maximum atomic E-state index is 13.9. The van der Waals surface area contributed by atoms with Crippen molar-refractivity contribution in [1.29, 1.82) is 0 Å². The van der Waals surface area contributed by atoms with Crippen molar-refractivity contribution < 1.29 is 28.4 Å². The standard InChI is InChI=1S/C30H42N4O6/c1-20-19-24(33-40-20)31-25(35)15-16-26(36)34(18-17-21-11-8-7-9-12-21)27(29(37)32-30(2,3)4)22-13-10-14-23(38-5)28(22)39-6/h10-11,13-14,19,27H,7-9,12,15-18H2,1-6H3,(H,32,37)(H,31,33,35). The van der Waals surface area contributed by atoms with E-state index in [4.69, 9.17) is 14.0 Å². The van der Waals surface area contributed by atoms with Crippen LogP contribution in [0.1, 0.15) is 83.1 Å². The van der Waals surface area contributed by atoms with Gasteiger partial charge in [0.1, 0.15) is 11.8 Å². The monoisotopic (exact) mass is 554 g/mol. The predicted molar refractivity (Wildman–Crippen MR) is 152 cm³/mol. The number of carbonyl (C=O) groups is 3. The molecule has 1 aliphatic carbocycles. The van der Waals surface area contributed by atoms with Crippen LogP contribution in [0.5, 0.6) is 11.5 Å². The summed E-state index contributed by atoms with van der Waals surface area (Å²) < 4.78 is 16.2. The third-order valence-electron chi connectivity index (χ3n) is 6.63. The van der Waals surface area contributed by atoms with E-state index in [0.29, 0.717) is 41.6 Å². The van der Waals surface area contributed by atoms with Gasteiger partial charge >= 0.3 is 0 Å². The molecule has 2 aromatic rings. The van der Waals surface area contributed by atoms with Crippen LogP contribution in [0.3, 0.4) is 0 Å². The number of carbonyl (C=O) groups excluding carboxylic acids is 3. The quantitative estimate of drug-likeness (QED) is 0.350. The van der Waals surface area contributed by atoms with E-state index in [9.17, 15) is 14.4 Å². The number of aryl methyl sites for hydroxylation is 1. The highest BCUT2D eigenvalue weighted by Gasteiger charge is 2.36. The maximum Gasteiger partial charge on any atom is 0.247 e. The van der Waals surface area contributed by atoms with Gasteiger partial charge in [0, 0.05) is 36.6 Å². The Bertz CT molecular complexity index is 1210. The summed E-state index contributed by atoms with van der Waals surface area (Å²) in [5.41, 5.74) is 1.24. The average molecular weight is 555 g/mol. The van der Waals surface area contributed by atoms with Crippen LogP contribution in [0.2, 0.25) is 0 Å². The number of benzene rings is 1. The fourth-order valence-electron chi connectivity index (χ4n) is 4.80. The lowest BCUT2D eigenvalue weighted by molar-refractivity contribution is -0.142. The molecule has 1 atom stereocenters. The Labute approximate surface area is 236 Å². The zero-order chi connectivity index (χ0) is 29.3. The van der Waals surface area contributed by atoms with Crippen molar-refractivity contribution in [1.82, 2.24) is 15.4 Å². The highest BCUT2D eigenvalue weighted by atomic mass is 16.5. The molecule has 10 heteroatoms. The van der Waals surface area contributed by atoms with Gasteiger partial charge in [-0.2, -0.15) is 0 Å². The van der Waals surface area contributed by atoms with E-state index in [1.165, 1.54) is 19.8 Å². The normalized spacial score (nSPS) is 14.1. The van der Waals surface area contributed by atoms with Crippen LogP contribution in [0, 0.1) is 6.92 Å². The number of hydrogen-bond acceptors (Lipinski definition) is 7. The van der Waals surface area contributed by atoms with Crippen molar-refractivity contribution in [2.75, 3.05) is 26.1 Å². The highest BCUT2D eigenvalue weighted by Crippen LogP contribution is 2.38. The Balaban J connectivity index is 1.94. The molecule has 0 spiro atoms. The fraction of sp³-hybridized carbons (Fsp3) is 0.533. The lowest BCUT2D eigenvalue weighted by atomic mass is 9.95. The molecule has 3 amide bonds. The molecule has 0 saturated carbocycles. The Kier molecular flexibility index (Phi) is 10.8. The first-order valence-electron chi connectivity index (χ1n) is 13.8. The molecule has 1 aromatic heterocycles. The van der Waals surface area contributed by atoms with Crippen LogP contribution in [0.4, 0.5) is 5.82 Å². The predicted octanol–water partition coefficient (Wildman–Crippen LogP) is 5.09. The van der Waals surface area contributed by atoms with Crippen molar-refractivity contribution in [3.05, 3.63) is 47.2 Å². The zero-order valence-corrected chi connectivity index (χ0v) is 24.5. The van der Waals surface area contributed by atoms with E-state index in [-0.39, 0.29) is 30.6 Å². The molecule has 0 fully saturated rings. The van der Waals surface area contributed by atoms with Crippen LogP contribution in [-0.2, 0) is 14.4 Å². The first-order valence-corrected chi connectivity index (χ1v) is 13.8. The number of nitrogens with zero attached hydrogens (tertiary/aromatic N) is 2. The van der Waals surface area contributed by atoms with Gasteiger partial charge in [0.2, 0.25) is 17.7 Å². The summed E-state index contributed by atoms with van der Waals surface area (Å²) in [5, 5.41) is 9.46. The molecular formula is C30H42N4O6. The molecular weight excluding hydrogens is 512 g/mol. The minimum absolute atomic E-state index is 0.0766. The Hall–Kier alpha value is -3.82. The smallest absolute Gasteiger partial charge is 0.247 e. The molecule has 0 radical (unpaired) electrons. The summed E-state index contributed by atoms with van der Waals surface area (Å²) in [6.07, 6.45) is 6.96. The molecule has 218 valence electrons. The number of rotatable bonds is 12. The number of ether oxygens (including phenoxy) is 2. The summed E-state index contributed by atoms with van der Waals surface area (Å²) in [5.74, 6) is 0.667. The molecule has 1 aliphatic rings. The molecule has 1 unspecified atom stereocenters. The number of anilines is 1. The lowest BCUT2D eigenvalue weighted by Gasteiger charge is -2.35. The third kappa shape index (κ3) is 8.59. The zero-order valence-electron chi connectivity index (χ0n) is 24.5. The van der Waals surface area contributed by atoms with Gasteiger partial charge in [-0.25, -0.2) is 0 Å². The number of aromatic nitrogens is 1. The molecule has 0 saturated heterocycles. The molecule has 3 rings (SSSR count). The summed E-state index contributed by atoms with van der Waals surface area (Å²) in [7, 11) is 3.04. The number of para-hydroxylation sites is 1. The van der Waals surface area contributed by atoms with Crippen LogP contribution >= 0.6 is 0 Å². The Morgan fingerprint density at radius 1 is 1.12 bits per heavy atom. The second kappa shape index (κ2) is 14.0. The summed E-state index contributed by atoms with van der Waals surface area (Å²) in [6.45, 7) is 7.71. The fourth-order valence-corrected chi connectivity index (χ4v) is 4.80. The summed E-state index contributed by atoms with van der Waals surface area (Å²) >= 11 is 0. The summed E-state index contributed by atoms with van der Waals surface area (Å²) in [4.78, 5) is 41.9. The van der Waals surface area contributed by atoms with Crippen molar-refractivity contribution in [2.24, 2.45) is 0 Å². The van der Waals surface area contributed by atoms with E-state index in [1.807, 2.05) is 20.8 Å². The largest absolute Gasteiger partial charge is 0.493 e. The number of amides is 3. The van der Waals surface area contributed by atoms with Crippen molar-refractivity contribution >= 4 is 23.5 Å². The number of hydrogen-bond donors (Lipinski definition) is 2. The third-order valence-corrected chi connectivity index (χ3v) is 6.63. The molecule has 0 bridgehead atoms. The van der Waals surface area contributed by atoms with Crippen LogP contribution in [-0.4, -0.2) is 54.1 Å². The SMILES string of the molecule is COc1cccc(C(C(=O)NC(C)(C)C)N(CCC2=CCCCC2)C(=O)CCC(=O)Nc2cc(C)on2)c1OC. The highest BCUT2D eigenvalue weighted by molar-refractivity contribution is 5.94. The average Bonchev–Trinajstić information content (AvgIpc) is 3.32. The minimum atomic E-state index is -0.998. The second-order valence-corrected chi connectivity index (χ2v) is 11.0. The number of allylic oxidation sites excluding steroid dienone is 1. The van der Waals surface area contributed by atoms with Gasteiger partial charge in [0.05, 0.1) is 14.2 Å². The molecule has 0 aliphatic heterocycles.